The molecule has 5 aliphatic rings. The minimum Gasteiger partial charge on any atom is -0.478 e. The molecule has 3 N–H and O–H groups in total. The molecule has 0 spiro atoms. The number of benzene rings is 1. The van der Waals surface area contributed by atoms with E-state index in [0.29, 0.717) is 64.2 Å². The number of carboxylic acids is 1. The predicted octanol–water partition coefficient (Wildman–Crippen LogP) is 7.14. The maximum Gasteiger partial charge on any atom is 0.335 e. The Morgan fingerprint density at radius 3 is 2.42 bits per heavy atom. The van der Waals surface area contributed by atoms with Crippen molar-refractivity contribution in [2.45, 2.75) is 110 Å². The minimum atomic E-state index is -0.804. The molecule has 0 saturated heterocycles. The molecule has 4 heteroatoms. The van der Waals surface area contributed by atoms with Gasteiger partial charge >= 0.3 is 5.97 Å². The van der Waals surface area contributed by atoms with E-state index >= 15 is 0 Å². The normalized spacial score (nSPS) is 48.5. The minimum absolute atomic E-state index is 0.190. The number of aliphatic hydroxyl groups is 2. The van der Waals surface area contributed by atoms with Crippen LogP contribution in [0.25, 0.3) is 0 Å². The fourth-order valence-corrected chi connectivity index (χ4v) is 11.5. The van der Waals surface area contributed by atoms with Crippen molar-refractivity contribution in [3.05, 3.63) is 35.4 Å². The maximum atomic E-state index is 11.9. The first kappa shape index (κ1) is 26.8. The van der Waals surface area contributed by atoms with Crippen molar-refractivity contribution in [3.63, 3.8) is 0 Å². The van der Waals surface area contributed by atoms with Crippen LogP contribution in [0.3, 0.4) is 0 Å². The highest BCUT2D eigenvalue weighted by molar-refractivity contribution is 5.89. The second-order valence-electron chi connectivity index (χ2n) is 14.8. The standard InChI is InChI=1S/C34H50O4/c1-5-22-29-18-21(35)12-14-34(29,4)28-13-15-33(3)26(10-11-27(33)30(28)31(22)36)19(2)16-20-17-25(20)23-8-6-7-9-24(23)32(37)38/h6-9,19-22,25-31,35-36H,5,10-18H2,1-4H3,(H,37,38)/t19-,20?,21-,22-,25?,26-,27+,28+,29?,30?,31-,33?,34-/m1/s1. The molecule has 13 atom stereocenters. The lowest BCUT2D eigenvalue weighted by atomic mass is 9.41. The second-order valence-corrected chi connectivity index (χ2v) is 14.8. The van der Waals surface area contributed by atoms with E-state index in [0.717, 1.165) is 37.7 Å². The third kappa shape index (κ3) is 4.02. The van der Waals surface area contributed by atoms with Crippen LogP contribution in [-0.4, -0.2) is 33.5 Å². The predicted molar refractivity (Wildman–Crippen MR) is 150 cm³/mol. The zero-order chi connectivity index (χ0) is 27.0. The summed E-state index contributed by atoms with van der Waals surface area (Å²) in [6.45, 7) is 9.81. The molecule has 1 aromatic rings. The van der Waals surface area contributed by atoms with Crippen LogP contribution in [0.1, 0.15) is 114 Å². The van der Waals surface area contributed by atoms with Gasteiger partial charge in [-0.1, -0.05) is 52.3 Å². The second kappa shape index (κ2) is 9.61. The summed E-state index contributed by atoms with van der Waals surface area (Å²) in [5.74, 6) is 3.88. The summed E-state index contributed by atoms with van der Waals surface area (Å²) in [6.07, 6.45) is 10.9. The fourth-order valence-electron chi connectivity index (χ4n) is 11.5. The number of aromatic carboxylic acids is 1. The number of hydrogen-bond donors (Lipinski definition) is 3. The average molecular weight is 523 g/mol. The van der Waals surface area contributed by atoms with Crippen LogP contribution in [0.2, 0.25) is 0 Å². The first-order valence-corrected chi connectivity index (χ1v) is 15.8. The van der Waals surface area contributed by atoms with Crippen molar-refractivity contribution in [1.29, 1.82) is 0 Å². The number of rotatable bonds is 6. The number of aliphatic hydroxyl groups excluding tert-OH is 2. The highest BCUT2D eigenvalue weighted by atomic mass is 16.4. The largest absolute Gasteiger partial charge is 0.478 e. The Morgan fingerprint density at radius 2 is 1.68 bits per heavy atom. The molecular weight excluding hydrogens is 472 g/mol. The summed E-state index contributed by atoms with van der Waals surface area (Å²) >= 11 is 0. The summed E-state index contributed by atoms with van der Waals surface area (Å²) in [5.41, 5.74) is 2.07. The van der Waals surface area contributed by atoms with Crippen molar-refractivity contribution in [1.82, 2.24) is 0 Å². The number of carbonyl (C=O) groups is 1. The smallest absolute Gasteiger partial charge is 0.335 e. The van der Waals surface area contributed by atoms with Crippen molar-refractivity contribution < 1.29 is 20.1 Å². The summed E-state index contributed by atoms with van der Waals surface area (Å²) < 4.78 is 0. The molecule has 5 fully saturated rings. The molecule has 0 radical (unpaired) electrons. The Labute approximate surface area is 229 Å². The molecular formula is C34H50O4. The van der Waals surface area contributed by atoms with E-state index in [2.05, 4.69) is 27.7 Å². The van der Waals surface area contributed by atoms with Gasteiger partial charge in [-0.15, -0.1) is 0 Å². The van der Waals surface area contributed by atoms with Crippen LogP contribution in [0.15, 0.2) is 24.3 Å². The van der Waals surface area contributed by atoms with Crippen LogP contribution in [-0.2, 0) is 0 Å². The Bertz CT molecular complexity index is 1050. The van der Waals surface area contributed by atoms with Gasteiger partial charge in [-0.2, -0.15) is 0 Å². The third-order valence-corrected chi connectivity index (χ3v) is 13.3. The van der Waals surface area contributed by atoms with Gasteiger partial charge in [-0.05, 0) is 134 Å². The van der Waals surface area contributed by atoms with Crippen LogP contribution in [0, 0.1) is 58.2 Å². The van der Waals surface area contributed by atoms with Crippen molar-refractivity contribution >= 4 is 5.97 Å². The van der Waals surface area contributed by atoms with E-state index in [4.69, 9.17) is 0 Å². The summed E-state index contributed by atoms with van der Waals surface area (Å²) in [7, 11) is 0. The van der Waals surface area contributed by atoms with Gasteiger partial charge in [0.05, 0.1) is 17.8 Å². The molecule has 5 aliphatic carbocycles. The molecule has 6 rings (SSSR count). The van der Waals surface area contributed by atoms with E-state index in [1.54, 1.807) is 6.07 Å². The van der Waals surface area contributed by atoms with Gasteiger partial charge < -0.3 is 15.3 Å². The lowest BCUT2D eigenvalue weighted by Crippen LogP contribution is -2.62. The van der Waals surface area contributed by atoms with Crippen molar-refractivity contribution in [3.8, 4) is 0 Å². The lowest BCUT2D eigenvalue weighted by molar-refractivity contribution is -0.203. The van der Waals surface area contributed by atoms with Crippen LogP contribution >= 0.6 is 0 Å². The van der Waals surface area contributed by atoms with Crippen molar-refractivity contribution in [2.75, 3.05) is 0 Å². The van der Waals surface area contributed by atoms with E-state index in [1.807, 2.05) is 18.2 Å². The maximum absolute atomic E-state index is 11.9. The first-order valence-electron chi connectivity index (χ1n) is 15.8. The Hall–Kier alpha value is -1.39. The lowest BCUT2D eigenvalue weighted by Gasteiger charge is -2.64. The summed E-state index contributed by atoms with van der Waals surface area (Å²) in [6, 6.07) is 7.61. The molecule has 38 heavy (non-hydrogen) atoms. The Morgan fingerprint density at radius 1 is 0.974 bits per heavy atom. The Balaban J connectivity index is 1.19. The molecule has 0 aromatic heterocycles. The SMILES string of the molecule is CC[C@@H]1C2C[C@H](O)CC[C@]2(C)[C@H]2CCC3(C)[C@@H]([C@H](C)CC4CC4c4ccccc4C(=O)O)CC[C@H]3C2[C@@H]1O. The van der Waals surface area contributed by atoms with E-state index < -0.39 is 5.97 Å². The van der Waals surface area contributed by atoms with Gasteiger partial charge in [-0.25, -0.2) is 4.79 Å². The summed E-state index contributed by atoms with van der Waals surface area (Å²) in [5, 5.41) is 32.2. The zero-order valence-corrected chi connectivity index (χ0v) is 24.0. The quantitative estimate of drug-likeness (QED) is 0.371. The van der Waals surface area contributed by atoms with Gasteiger partial charge in [0.25, 0.3) is 0 Å². The Kier molecular flexibility index (Phi) is 6.78. The average Bonchev–Trinajstić information content (AvgIpc) is 3.55. The first-order chi connectivity index (χ1) is 18.1. The van der Waals surface area contributed by atoms with Gasteiger partial charge in [0.2, 0.25) is 0 Å². The van der Waals surface area contributed by atoms with Gasteiger partial charge in [-0.3, -0.25) is 0 Å². The van der Waals surface area contributed by atoms with Gasteiger partial charge in [0.15, 0.2) is 0 Å². The van der Waals surface area contributed by atoms with Gasteiger partial charge in [0.1, 0.15) is 0 Å². The van der Waals surface area contributed by atoms with E-state index in [-0.39, 0.29) is 17.6 Å². The molecule has 0 aliphatic heterocycles. The molecule has 210 valence electrons. The summed E-state index contributed by atoms with van der Waals surface area (Å²) in [4.78, 5) is 11.8. The van der Waals surface area contributed by atoms with E-state index in [9.17, 15) is 20.1 Å². The third-order valence-electron chi connectivity index (χ3n) is 13.3. The molecule has 4 nitrogen and oxygen atoms in total. The fraction of sp³-hybridized carbons (Fsp3) is 0.794. The number of hydrogen-bond acceptors (Lipinski definition) is 3. The van der Waals surface area contributed by atoms with E-state index in [1.165, 1.54) is 32.1 Å². The molecule has 5 saturated carbocycles. The highest BCUT2D eigenvalue weighted by Gasteiger charge is 2.65. The number of carboxylic acid groups (broad SMARTS) is 1. The zero-order valence-electron chi connectivity index (χ0n) is 24.0. The highest BCUT2D eigenvalue weighted by Crippen LogP contribution is 2.70. The molecule has 1 aromatic carbocycles. The van der Waals surface area contributed by atoms with Crippen LogP contribution in [0.4, 0.5) is 0 Å². The monoisotopic (exact) mass is 522 g/mol. The molecule has 0 amide bonds. The van der Waals surface area contributed by atoms with Crippen LogP contribution < -0.4 is 0 Å². The molecule has 0 heterocycles. The number of fused-ring (bicyclic) bond motifs is 5. The van der Waals surface area contributed by atoms with Crippen LogP contribution in [0.5, 0.6) is 0 Å². The molecule has 0 bridgehead atoms. The van der Waals surface area contributed by atoms with Gasteiger partial charge in [0, 0.05) is 0 Å². The molecule has 5 unspecified atom stereocenters. The van der Waals surface area contributed by atoms with Crippen molar-refractivity contribution in [2.24, 2.45) is 58.2 Å². The topological polar surface area (TPSA) is 77.8 Å².